The van der Waals surface area contributed by atoms with Gasteiger partial charge in [0, 0.05) is 42.6 Å². The summed E-state index contributed by atoms with van der Waals surface area (Å²) < 4.78 is 30.2. The van der Waals surface area contributed by atoms with Gasteiger partial charge >= 0.3 is 0 Å². The Morgan fingerprint density at radius 2 is 1.83 bits per heavy atom. The number of hydrogen-bond donors (Lipinski definition) is 1. The van der Waals surface area contributed by atoms with Gasteiger partial charge in [0.1, 0.15) is 0 Å². The predicted octanol–water partition coefficient (Wildman–Crippen LogP) is 2.73. The van der Waals surface area contributed by atoms with Crippen molar-refractivity contribution in [3.63, 3.8) is 0 Å². The number of aryl methyl sites for hydroxylation is 1. The molecule has 0 bridgehead atoms. The second-order valence-electron chi connectivity index (χ2n) is 7.96. The smallest absolute Gasteiger partial charge is 0.258 e. The fourth-order valence-corrected chi connectivity index (χ4v) is 5.84. The molecule has 4 rings (SSSR count). The van der Waals surface area contributed by atoms with E-state index < -0.39 is 10.0 Å². The van der Waals surface area contributed by atoms with Crippen LogP contribution in [-0.2, 0) is 16.6 Å². The Kier molecular flexibility index (Phi) is 5.77. The molecule has 1 N–H and O–H groups in total. The predicted molar refractivity (Wildman–Crippen MR) is 119 cm³/mol. The van der Waals surface area contributed by atoms with E-state index >= 15 is 0 Å². The third kappa shape index (κ3) is 3.93. The Morgan fingerprint density at radius 1 is 1.07 bits per heavy atom. The number of nitrogens with one attached hydrogen (secondary N) is 1. The zero-order valence-electron chi connectivity index (χ0n) is 17.3. The molecule has 6 nitrogen and oxygen atoms in total. The monoisotopic (exact) mass is 425 g/mol. The molecule has 0 spiro atoms. The molecule has 1 unspecified atom stereocenters. The van der Waals surface area contributed by atoms with Crippen LogP contribution in [0.15, 0.2) is 64.4 Å². The molecule has 1 fully saturated rings. The van der Waals surface area contributed by atoms with Gasteiger partial charge in [-0.3, -0.25) is 4.79 Å². The molecule has 2 aromatic carbocycles. The first-order valence-corrected chi connectivity index (χ1v) is 11.7. The lowest BCUT2D eigenvalue weighted by Crippen LogP contribution is -2.34. The molecule has 1 saturated heterocycles. The summed E-state index contributed by atoms with van der Waals surface area (Å²) in [5.74, 6) is 0. The standard InChI is InChI=1S/C23H27N3O3S/c1-17-15-25(16-19-7-4-3-5-8-19)23(27)20-9-6-10-21(22(17)20)30(28,29)26-13-11-18(2)24-12-14-26/h3-10,15,18,24H,11-14,16H2,1-2H3. The highest BCUT2D eigenvalue weighted by Gasteiger charge is 2.29. The van der Waals surface area contributed by atoms with E-state index in [4.69, 9.17) is 0 Å². The maximum atomic E-state index is 13.5. The van der Waals surface area contributed by atoms with Crippen molar-refractivity contribution in [3.05, 3.63) is 76.2 Å². The molecule has 1 aliphatic heterocycles. The normalized spacial score (nSPS) is 18.4. The van der Waals surface area contributed by atoms with Crippen molar-refractivity contribution in [1.29, 1.82) is 0 Å². The second-order valence-corrected chi connectivity index (χ2v) is 9.86. The average Bonchev–Trinajstić information content (AvgIpc) is 2.97. The Balaban J connectivity index is 1.81. The van der Waals surface area contributed by atoms with E-state index in [0.29, 0.717) is 37.0 Å². The van der Waals surface area contributed by atoms with Gasteiger partial charge in [-0.15, -0.1) is 0 Å². The Bertz CT molecular complexity index is 1220. The Hall–Kier alpha value is -2.48. The molecule has 0 radical (unpaired) electrons. The summed E-state index contributed by atoms with van der Waals surface area (Å²) in [7, 11) is -3.70. The quantitative estimate of drug-likeness (QED) is 0.698. The summed E-state index contributed by atoms with van der Waals surface area (Å²) in [4.78, 5) is 13.4. The highest BCUT2D eigenvalue weighted by Crippen LogP contribution is 2.27. The number of fused-ring (bicyclic) bond motifs is 1. The first kappa shape index (κ1) is 20.8. The zero-order chi connectivity index (χ0) is 21.3. The fourth-order valence-electron chi connectivity index (χ4n) is 4.11. The van der Waals surface area contributed by atoms with Crippen LogP contribution in [0.5, 0.6) is 0 Å². The SMILES string of the molecule is Cc1cn(Cc2ccccc2)c(=O)c2cccc(S(=O)(=O)N3CCNC(C)CC3)c12. The number of nitrogens with zero attached hydrogens (tertiary/aromatic N) is 2. The van der Waals surface area contributed by atoms with E-state index in [0.717, 1.165) is 17.5 Å². The third-order valence-electron chi connectivity index (χ3n) is 5.74. The molecule has 158 valence electrons. The summed E-state index contributed by atoms with van der Waals surface area (Å²) >= 11 is 0. The molecule has 0 amide bonds. The summed E-state index contributed by atoms with van der Waals surface area (Å²) in [6.45, 7) is 5.89. The van der Waals surface area contributed by atoms with E-state index in [9.17, 15) is 13.2 Å². The largest absolute Gasteiger partial charge is 0.313 e. The van der Waals surface area contributed by atoms with Crippen molar-refractivity contribution in [1.82, 2.24) is 14.2 Å². The second kappa shape index (κ2) is 8.34. The topological polar surface area (TPSA) is 71.4 Å². The zero-order valence-corrected chi connectivity index (χ0v) is 18.2. The van der Waals surface area contributed by atoms with Crippen LogP contribution in [-0.4, -0.2) is 43.0 Å². The minimum absolute atomic E-state index is 0.178. The van der Waals surface area contributed by atoms with Crippen molar-refractivity contribution >= 4 is 20.8 Å². The molecular formula is C23H27N3O3S. The van der Waals surface area contributed by atoms with Gasteiger partial charge in [-0.1, -0.05) is 36.4 Å². The number of rotatable bonds is 4. The molecule has 2 heterocycles. The van der Waals surface area contributed by atoms with Crippen LogP contribution >= 0.6 is 0 Å². The minimum Gasteiger partial charge on any atom is -0.313 e. The van der Waals surface area contributed by atoms with Crippen molar-refractivity contribution in [2.75, 3.05) is 19.6 Å². The maximum absolute atomic E-state index is 13.5. The molecule has 0 saturated carbocycles. The van der Waals surface area contributed by atoms with Crippen LogP contribution in [0.4, 0.5) is 0 Å². The highest BCUT2D eigenvalue weighted by atomic mass is 32.2. The van der Waals surface area contributed by atoms with E-state index in [1.54, 1.807) is 29.0 Å². The van der Waals surface area contributed by atoms with E-state index in [-0.39, 0.29) is 16.5 Å². The van der Waals surface area contributed by atoms with Crippen LogP contribution in [0.2, 0.25) is 0 Å². The maximum Gasteiger partial charge on any atom is 0.258 e. The molecule has 1 aliphatic rings. The van der Waals surface area contributed by atoms with Crippen LogP contribution in [0, 0.1) is 6.92 Å². The third-order valence-corrected chi connectivity index (χ3v) is 7.68. The van der Waals surface area contributed by atoms with Gasteiger partial charge in [-0.05, 0) is 43.5 Å². The van der Waals surface area contributed by atoms with Crippen LogP contribution in [0.3, 0.4) is 0 Å². The molecule has 7 heteroatoms. The lowest BCUT2D eigenvalue weighted by molar-refractivity contribution is 0.429. The van der Waals surface area contributed by atoms with Gasteiger partial charge in [0.15, 0.2) is 0 Å². The van der Waals surface area contributed by atoms with Crippen LogP contribution in [0.1, 0.15) is 24.5 Å². The first-order chi connectivity index (χ1) is 14.4. The van der Waals surface area contributed by atoms with Gasteiger partial charge < -0.3 is 9.88 Å². The molecule has 0 aliphatic carbocycles. The summed E-state index contributed by atoms with van der Waals surface area (Å²) in [5, 5.41) is 4.29. The number of hydrogen-bond acceptors (Lipinski definition) is 4. The molecule has 30 heavy (non-hydrogen) atoms. The van der Waals surface area contributed by atoms with Gasteiger partial charge in [-0.2, -0.15) is 4.31 Å². The van der Waals surface area contributed by atoms with E-state index in [1.807, 2.05) is 37.3 Å². The summed E-state index contributed by atoms with van der Waals surface area (Å²) in [6, 6.07) is 15.1. The van der Waals surface area contributed by atoms with Gasteiger partial charge in [0.25, 0.3) is 5.56 Å². The molecule has 3 aromatic rings. The van der Waals surface area contributed by atoms with Crippen LogP contribution in [0.25, 0.3) is 10.8 Å². The average molecular weight is 426 g/mol. The van der Waals surface area contributed by atoms with Crippen LogP contribution < -0.4 is 10.9 Å². The van der Waals surface area contributed by atoms with Crippen molar-refractivity contribution < 1.29 is 8.42 Å². The molecule has 1 atom stereocenters. The minimum atomic E-state index is -3.70. The number of sulfonamides is 1. The number of pyridine rings is 1. The summed E-state index contributed by atoms with van der Waals surface area (Å²) in [5.41, 5.74) is 1.62. The molecular weight excluding hydrogens is 398 g/mol. The Labute approximate surface area is 177 Å². The van der Waals surface area contributed by atoms with Gasteiger partial charge in [0.05, 0.1) is 11.4 Å². The highest BCUT2D eigenvalue weighted by molar-refractivity contribution is 7.89. The number of benzene rings is 2. The molecule has 1 aromatic heterocycles. The van der Waals surface area contributed by atoms with E-state index in [2.05, 4.69) is 12.2 Å². The summed E-state index contributed by atoms with van der Waals surface area (Å²) in [6.07, 6.45) is 2.52. The van der Waals surface area contributed by atoms with Gasteiger partial charge in [0.2, 0.25) is 10.0 Å². The number of aromatic nitrogens is 1. The van der Waals surface area contributed by atoms with Crippen molar-refractivity contribution in [3.8, 4) is 0 Å². The fraction of sp³-hybridized carbons (Fsp3) is 0.348. The Morgan fingerprint density at radius 3 is 2.60 bits per heavy atom. The van der Waals surface area contributed by atoms with Crippen molar-refractivity contribution in [2.24, 2.45) is 0 Å². The van der Waals surface area contributed by atoms with Gasteiger partial charge in [-0.25, -0.2) is 8.42 Å². The van der Waals surface area contributed by atoms with Crippen molar-refractivity contribution in [2.45, 2.75) is 37.8 Å². The first-order valence-electron chi connectivity index (χ1n) is 10.3. The lowest BCUT2D eigenvalue weighted by atomic mass is 10.1. The lowest BCUT2D eigenvalue weighted by Gasteiger charge is -2.21. The van der Waals surface area contributed by atoms with E-state index in [1.165, 1.54) is 4.31 Å².